The standard InChI is InChI=1S/C18H24ClN3O/c1-12(11-23-16-7-5-4-6-8-16)21-18(20)17(19)14(3)22-13(2)15-9-10-15/h4-8,12,15,22H,2,9-11H2,1,3H3,(H2,20,21). The summed E-state index contributed by atoms with van der Waals surface area (Å²) in [5.41, 5.74) is 7.76. The molecule has 3 N–H and O–H groups in total. The summed E-state index contributed by atoms with van der Waals surface area (Å²) in [6, 6.07) is 9.53. The number of aliphatic imine (C=N–C) groups is 1. The molecule has 1 saturated carbocycles. The minimum atomic E-state index is -0.0941. The molecular formula is C18H24ClN3O. The number of rotatable bonds is 8. The normalized spacial score (nSPS) is 17.3. The lowest BCUT2D eigenvalue weighted by Crippen LogP contribution is -2.23. The zero-order valence-corrected chi connectivity index (χ0v) is 14.4. The molecular weight excluding hydrogens is 310 g/mol. The second-order valence-corrected chi connectivity index (χ2v) is 6.23. The molecule has 0 radical (unpaired) electrons. The topological polar surface area (TPSA) is 59.6 Å². The molecule has 1 aliphatic carbocycles. The maximum atomic E-state index is 6.29. The van der Waals surface area contributed by atoms with E-state index in [0.717, 1.165) is 17.1 Å². The van der Waals surface area contributed by atoms with Gasteiger partial charge in [-0.2, -0.15) is 0 Å². The third kappa shape index (κ3) is 5.64. The van der Waals surface area contributed by atoms with Gasteiger partial charge in [0.15, 0.2) is 0 Å². The highest BCUT2D eigenvalue weighted by atomic mass is 35.5. The van der Waals surface area contributed by atoms with Crippen molar-refractivity contribution in [3.05, 3.63) is 53.3 Å². The molecule has 1 fully saturated rings. The summed E-state index contributed by atoms with van der Waals surface area (Å²) in [5.74, 6) is 1.68. The summed E-state index contributed by atoms with van der Waals surface area (Å²) in [5, 5.41) is 3.64. The van der Waals surface area contributed by atoms with Crippen molar-refractivity contribution in [3.8, 4) is 5.75 Å². The van der Waals surface area contributed by atoms with E-state index < -0.39 is 0 Å². The van der Waals surface area contributed by atoms with E-state index in [2.05, 4.69) is 16.9 Å². The number of ether oxygens (including phenoxy) is 1. The summed E-state index contributed by atoms with van der Waals surface area (Å²) < 4.78 is 5.66. The van der Waals surface area contributed by atoms with Gasteiger partial charge in [-0.1, -0.05) is 36.4 Å². The minimum Gasteiger partial charge on any atom is -0.491 e. The Hall–Kier alpha value is -1.94. The summed E-state index contributed by atoms with van der Waals surface area (Å²) in [7, 11) is 0. The van der Waals surface area contributed by atoms with Gasteiger partial charge in [0.2, 0.25) is 0 Å². The maximum absolute atomic E-state index is 6.29. The first-order chi connectivity index (χ1) is 11.0. The Morgan fingerprint density at radius 2 is 2.09 bits per heavy atom. The molecule has 0 bridgehead atoms. The van der Waals surface area contributed by atoms with Crippen molar-refractivity contribution >= 4 is 17.4 Å². The van der Waals surface area contributed by atoms with Gasteiger partial charge in [0, 0.05) is 11.4 Å². The largest absolute Gasteiger partial charge is 0.491 e. The van der Waals surface area contributed by atoms with Crippen LogP contribution in [0.25, 0.3) is 0 Å². The Morgan fingerprint density at radius 3 is 2.70 bits per heavy atom. The highest BCUT2D eigenvalue weighted by molar-refractivity contribution is 6.43. The second kappa shape index (κ2) is 8.06. The first-order valence-corrected chi connectivity index (χ1v) is 8.19. The van der Waals surface area contributed by atoms with Crippen LogP contribution < -0.4 is 15.8 Å². The number of nitrogens with zero attached hydrogens (tertiary/aromatic N) is 1. The van der Waals surface area contributed by atoms with Gasteiger partial charge in [-0.15, -0.1) is 0 Å². The van der Waals surface area contributed by atoms with Gasteiger partial charge in [0.05, 0.1) is 6.04 Å². The quantitative estimate of drug-likeness (QED) is 0.562. The van der Waals surface area contributed by atoms with Gasteiger partial charge in [0.1, 0.15) is 23.2 Å². The second-order valence-electron chi connectivity index (χ2n) is 5.85. The average molecular weight is 334 g/mol. The lowest BCUT2D eigenvalue weighted by molar-refractivity contribution is 0.297. The molecule has 4 nitrogen and oxygen atoms in total. The Balaban J connectivity index is 1.89. The predicted molar refractivity (Wildman–Crippen MR) is 96.6 cm³/mol. The first kappa shape index (κ1) is 17.4. The van der Waals surface area contributed by atoms with Gasteiger partial charge < -0.3 is 15.8 Å². The molecule has 0 aliphatic heterocycles. The molecule has 0 spiro atoms. The summed E-state index contributed by atoms with van der Waals surface area (Å²) in [6.07, 6.45) is 2.38. The number of amidine groups is 1. The Bertz CT molecular complexity index is 606. The van der Waals surface area contributed by atoms with Crippen LogP contribution in [0.15, 0.2) is 58.3 Å². The van der Waals surface area contributed by atoms with E-state index in [0.29, 0.717) is 23.4 Å². The van der Waals surface area contributed by atoms with Crippen LogP contribution in [-0.2, 0) is 0 Å². The highest BCUT2D eigenvalue weighted by Gasteiger charge is 2.25. The van der Waals surface area contributed by atoms with E-state index in [1.165, 1.54) is 12.8 Å². The SMILES string of the molecule is C=C(NC(C)=C(Cl)C(N)=NC(C)COc1ccccc1)C1CC1. The van der Waals surface area contributed by atoms with Gasteiger partial charge in [-0.05, 0) is 44.7 Å². The van der Waals surface area contributed by atoms with Crippen molar-refractivity contribution in [3.63, 3.8) is 0 Å². The first-order valence-electron chi connectivity index (χ1n) is 7.81. The number of para-hydroxylation sites is 1. The molecule has 0 aromatic heterocycles. The zero-order chi connectivity index (χ0) is 16.8. The fraction of sp³-hybridized carbons (Fsp3) is 0.389. The van der Waals surface area contributed by atoms with Crippen LogP contribution in [0.3, 0.4) is 0 Å². The summed E-state index contributed by atoms with van der Waals surface area (Å²) in [6.45, 7) is 8.27. The van der Waals surface area contributed by atoms with Crippen molar-refractivity contribution in [1.29, 1.82) is 0 Å². The Morgan fingerprint density at radius 1 is 1.43 bits per heavy atom. The average Bonchev–Trinajstić information content (AvgIpc) is 3.38. The summed E-state index contributed by atoms with van der Waals surface area (Å²) >= 11 is 6.29. The van der Waals surface area contributed by atoms with Gasteiger partial charge in [-0.25, -0.2) is 0 Å². The Kier molecular flexibility index (Phi) is 6.11. The van der Waals surface area contributed by atoms with E-state index in [9.17, 15) is 0 Å². The van der Waals surface area contributed by atoms with Crippen LogP contribution in [0, 0.1) is 5.92 Å². The number of hydrogen-bond donors (Lipinski definition) is 2. The van der Waals surface area contributed by atoms with Crippen LogP contribution in [0.1, 0.15) is 26.7 Å². The molecule has 1 aliphatic rings. The molecule has 0 heterocycles. The molecule has 5 heteroatoms. The summed E-state index contributed by atoms with van der Waals surface area (Å²) in [4.78, 5) is 4.39. The molecule has 2 rings (SSSR count). The van der Waals surface area contributed by atoms with E-state index in [4.69, 9.17) is 22.1 Å². The smallest absolute Gasteiger partial charge is 0.139 e. The lowest BCUT2D eigenvalue weighted by atomic mass is 10.3. The zero-order valence-electron chi connectivity index (χ0n) is 13.7. The Labute approximate surface area is 143 Å². The number of nitrogens with two attached hydrogens (primary N) is 1. The molecule has 1 atom stereocenters. The number of hydrogen-bond acceptors (Lipinski definition) is 3. The van der Waals surface area contributed by atoms with E-state index in [1.807, 2.05) is 44.2 Å². The van der Waals surface area contributed by atoms with Gasteiger partial charge in [0.25, 0.3) is 0 Å². The molecule has 1 aromatic rings. The third-order valence-corrected chi connectivity index (χ3v) is 4.04. The van der Waals surface area contributed by atoms with Crippen LogP contribution in [0.2, 0.25) is 0 Å². The van der Waals surface area contributed by atoms with Gasteiger partial charge in [-0.3, -0.25) is 4.99 Å². The van der Waals surface area contributed by atoms with E-state index in [-0.39, 0.29) is 6.04 Å². The van der Waals surface area contributed by atoms with Crippen molar-refractivity contribution in [1.82, 2.24) is 5.32 Å². The monoisotopic (exact) mass is 333 g/mol. The molecule has 1 unspecified atom stereocenters. The highest BCUT2D eigenvalue weighted by Crippen LogP contribution is 2.34. The predicted octanol–water partition coefficient (Wildman–Crippen LogP) is 3.79. The van der Waals surface area contributed by atoms with E-state index in [1.54, 1.807) is 0 Å². The maximum Gasteiger partial charge on any atom is 0.139 e. The fourth-order valence-corrected chi connectivity index (χ4v) is 2.18. The van der Waals surface area contributed by atoms with Crippen molar-refractivity contribution < 1.29 is 4.74 Å². The minimum absolute atomic E-state index is 0.0941. The molecule has 124 valence electrons. The van der Waals surface area contributed by atoms with Crippen molar-refractivity contribution in [2.75, 3.05) is 6.61 Å². The molecule has 1 aromatic carbocycles. The van der Waals surface area contributed by atoms with Crippen LogP contribution >= 0.6 is 11.6 Å². The number of benzene rings is 1. The molecule has 0 amide bonds. The van der Waals surface area contributed by atoms with E-state index >= 15 is 0 Å². The van der Waals surface area contributed by atoms with Crippen LogP contribution in [0.5, 0.6) is 5.75 Å². The van der Waals surface area contributed by atoms with Gasteiger partial charge >= 0.3 is 0 Å². The number of halogens is 1. The lowest BCUT2D eigenvalue weighted by Gasteiger charge is -2.13. The molecule has 23 heavy (non-hydrogen) atoms. The van der Waals surface area contributed by atoms with Crippen molar-refractivity contribution in [2.24, 2.45) is 16.6 Å². The third-order valence-electron chi connectivity index (χ3n) is 3.57. The number of nitrogens with one attached hydrogen (secondary N) is 1. The number of allylic oxidation sites excluding steroid dienone is 2. The van der Waals surface area contributed by atoms with Crippen LogP contribution in [0.4, 0.5) is 0 Å². The fourth-order valence-electron chi connectivity index (χ4n) is 2.09. The van der Waals surface area contributed by atoms with Crippen molar-refractivity contribution in [2.45, 2.75) is 32.7 Å². The molecule has 0 saturated heterocycles. The van der Waals surface area contributed by atoms with Crippen LogP contribution in [-0.4, -0.2) is 18.5 Å².